The van der Waals surface area contributed by atoms with Gasteiger partial charge in [-0.05, 0) is 47.0 Å². The lowest BCUT2D eigenvalue weighted by Crippen LogP contribution is -2.52. The summed E-state index contributed by atoms with van der Waals surface area (Å²) in [4.78, 5) is 33.7. The first-order chi connectivity index (χ1) is 11.3. The molecule has 1 aromatic rings. The van der Waals surface area contributed by atoms with Gasteiger partial charge in [-0.25, -0.2) is 4.98 Å². The van der Waals surface area contributed by atoms with Crippen LogP contribution in [0.2, 0.25) is 0 Å². The van der Waals surface area contributed by atoms with Gasteiger partial charge in [0, 0.05) is 31.4 Å². The fraction of sp³-hybridized carbons (Fsp3) is 0.722. The molecule has 3 rings (SSSR count). The van der Waals surface area contributed by atoms with Crippen molar-refractivity contribution in [3.8, 4) is 0 Å². The number of aromatic nitrogens is 2. The van der Waals surface area contributed by atoms with Gasteiger partial charge in [0.2, 0.25) is 11.8 Å². The van der Waals surface area contributed by atoms with Crippen molar-refractivity contribution in [2.75, 3.05) is 19.6 Å². The van der Waals surface area contributed by atoms with Gasteiger partial charge in [-0.2, -0.15) is 0 Å². The maximum Gasteiger partial charge on any atom is 0.242 e. The number of likely N-dealkylation sites (tertiary alicyclic amines) is 2. The van der Waals surface area contributed by atoms with E-state index in [-0.39, 0.29) is 23.3 Å². The topological polar surface area (TPSA) is 58.4 Å². The van der Waals surface area contributed by atoms with Crippen LogP contribution in [0.1, 0.15) is 44.5 Å². The average Bonchev–Trinajstić information content (AvgIpc) is 3.10. The second kappa shape index (κ2) is 6.22. The van der Waals surface area contributed by atoms with Crippen LogP contribution < -0.4 is 0 Å². The maximum absolute atomic E-state index is 12.9. The van der Waals surface area contributed by atoms with Gasteiger partial charge >= 0.3 is 0 Å². The Morgan fingerprint density at radius 3 is 2.67 bits per heavy atom. The molecule has 2 aliphatic heterocycles. The van der Waals surface area contributed by atoms with E-state index in [9.17, 15) is 9.59 Å². The standard InChI is InChI=1S/C18H28N4O2/c1-13(2)22-8-5-6-18(17(22)24)7-9-20(11-18)16(23)10-21-12-19-14(3)15(21)4/h12-13H,5-11H2,1-4H3/t18-/m1/s1. The first kappa shape index (κ1) is 17.0. The zero-order valence-corrected chi connectivity index (χ0v) is 15.2. The summed E-state index contributed by atoms with van der Waals surface area (Å²) in [5.41, 5.74) is 1.63. The van der Waals surface area contributed by atoms with Gasteiger partial charge in [0.1, 0.15) is 6.54 Å². The maximum atomic E-state index is 12.9. The van der Waals surface area contributed by atoms with Crippen molar-refractivity contribution < 1.29 is 9.59 Å². The second-order valence-electron chi connectivity index (χ2n) is 7.58. The Balaban J connectivity index is 1.69. The molecule has 0 radical (unpaired) electrons. The van der Waals surface area contributed by atoms with E-state index in [4.69, 9.17) is 0 Å². The number of carbonyl (C=O) groups excluding carboxylic acids is 2. The Hall–Kier alpha value is -1.85. The Labute approximate surface area is 143 Å². The van der Waals surface area contributed by atoms with Crippen molar-refractivity contribution in [1.29, 1.82) is 0 Å². The molecule has 2 fully saturated rings. The molecule has 6 nitrogen and oxygen atoms in total. The Morgan fingerprint density at radius 2 is 2.04 bits per heavy atom. The third-order valence-corrected chi connectivity index (χ3v) is 5.75. The molecule has 1 aromatic heterocycles. The second-order valence-corrected chi connectivity index (χ2v) is 7.58. The van der Waals surface area contributed by atoms with Gasteiger partial charge in [-0.15, -0.1) is 0 Å². The number of hydrogen-bond acceptors (Lipinski definition) is 3. The first-order valence-corrected chi connectivity index (χ1v) is 8.91. The van der Waals surface area contributed by atoms with E-state index in [2.05, 4.69) is 18.8 Å². The van der Waals surface area contributed by atoms with Crippen LogP contribution in [-0.4, -0.2) is 56.8 Å². The average molecular weight is 332 g/mol. The molecule has 0 aromatic carbocycles. The Morgan fingerprint density at radius 1 is 1.29 bits per heavy atom. The van der Waals surface area contributed by atoms with Crippen LogP contribution in [0.25, 0.3) is 0 Å². The lowest BCUT2D eigenvalue weighted by Gasteiger charge is -2.41. The van der Waals surface area contributed by atoms with Crippen LogP contribution in [0.4, 0.5) is 0 Å². The van der Waals surface area contributed by atoms with E-state index in [0.29, 0.717) is 19.6 Å². The summed E-state index contributed by atoms with van der Waals surface area (Å²) in [7, 11) is 0. The lowest BCUT2D eigenvalue weighted by molar-refractivity contribution is -0.148. The zero-order valence-electron chi connectivity index (χ0n) is 15.2. The van der Waals surface area contributed by atoms with Crippen LogP contribution in [0, 0.1) is 19.3 Å². The molecule has 0 unspecified atom stereocenters. The summed E-state index contributed by atoms with van der Waals surface area (Å²) in [6.45, 7) is 10.5. The minimum atomic E-state index is -0.349. The summed E-state index contributed by atoms with van der Waals surface area (Å²) in [5, 5.41) is 0. The van der Waals surface area contributed by atoms with Gasteiger partial charge < -0.3 is 14.4 Å². The summed E-state index contributed by atoms with van der Waals surface area (Å²) in [6, 6.07) is 0.232. The predicted octanol–water partition coefficient (Wildman–Crippen LogP) is 1.75. The highest BCUT2D eigenvalue weighted by Gasteiger charge is 2.49. The predicted molar refractivity (Wildman–Crippen MR) is 91.4 cm³/mol. The lowest BCUT2D eigenvalue weighted by atomic mass is 9.78. The van der Waals surface area contributed by atoms with E-state index in [1.54, 1.807) is 6.33 Å². The molecule has 0 N–H and O–H groups in total. The molecule has 24 heavy (non-hydrogen) atoms. The monoisotopic (exact) mass is 332 g/mol. The van der Waals surface area contributed by atoms with Crippen LogP contribution in [0.5, 0.6) is 0 Å². The molecular weight excluding hydrogens is 304 g/mol. The van der Waals surface area contributed by atoms with Gasteiger partial charge in [0.05, 0.1) is 17.4 Å². The van der Waals surface area contributed by atoms with E-state index in [1.165, 1.54) is 0 Å². The fourth-order valence-electron chi connectivity index (χ4n) is 4.01. The van der Waals surface area contributed by atoms with Crippen LogP contribution >= 0.6 is 0 Å². The summed E-state index contributed by atoms with van der Waals surface area (Å²) >= 11 is 0. The van der Waals surface area contributed by atoms with Crippen molar-refractivity contribution in [3.63, 3.8) is 0 Å². The number of amides is 2. The zero-order chi connectivity index (χ0) is 17.5. The smallest absolute Gasteiger partial charge is 0.242 e. The Kier molecular flexibility index (Phi) is 4.40. The summed E-state index contributed by atoms with van der Waals surface area (Å²) in [5.74, 6) is 0.329. The minimum absolute atomic E-state index is 0.0850. The normalized spacial score (nSPS) is 24.5. The molecular formula is C18H28N4O2. The van der Waals surface area contributed by atoms with Gasteiger partial charge in [0.15, 0.2) is 0 Å². The van der Waals surface area contributed by atoms with Crippen LogP contribution in [-0.2, 0) is 16.1 Å². The van der Waals surface area contributed by atoms with Crippen molar-refractivity contribution in [2.24, 2.45) is 5.41 Å². The van der Waals surface area contributed by atoms with Crippen molar-refractivity contribution in [3.05, 3.63) is 17.7 Å². The highest BCUT2D eigenvalue weighted by atomic mass is 16.2. The third-order valence-electron chi connectivity index (χ3n) is 5.75. The third kappa shape index (κ3) is 2.82. The largest absolute Gasteiger partial charge is 0.340 e. The molecule has 0 bridgehead atoms. The molecule has 0 aliphatic carbocycles. The van der Waals surface area contributed by atoms with Gasteiger partial charge in [0.25, 0.3) is 0 Å². The highest BCUT2D eigenvalue weighted by molar-refractivity contribution is 5.86. The first-order valence-electron chi connectivity index (χ1n) is 8.91. The number of nitrogens with zero attached hydrogens (tertiary/aromatic N) is 4. The highest BCUT2D eigenvalue weighted by Crippen LogP contribution is 2.40. The fourth-order valence-corrected chi connectivity index (χ4v) is 4.01. The van der Waals surface area contributed by atoms with E-state index >= 15 is 0 Å². The van der Waals surface area contributed by atoms with Crippen LogP contribution in [0.15, 0.2) is 6.33 Å². The molecule has 3 heterocycles. The Bertz CT molecular complexity index is 651. The molecule has 132 valence electrons. The number of carbonyl (C=O) groups is 2. The summed E-state index contributed by atoms with van der Waals surface area (Å²) in [6.07, 6.45) is 4.46. The molecule has 2 amide bonds. The van der Waals surface area contributed by atoms with Crippen LogP contribution in [0.3, 0.4) is 0 Å². The minimum Gasteiger partial charge on any atom is -0.340 e. The van der Waals surface area contributed by atoms with E-state index < -0.39 is 0 Å². The molecule has 2 aliphatic rings. The number of imidazole rings is 1. The van der Waals surface area contributed by atoms with Gasteiger partial charge in [-0.3, -0.25) is 9.59 Å². The SMILES string of the molecule is Cc1ncn(CC(=O)N2CC[C@]3(CCCN(C(C)C)C3=O)C2)c1C. The molecule has 1 spiro atoms. The molecule has 2 saturated heterocycles. The van der Waals surface area contributed by atoms with Gasteiger partial charge in [-0.1, -0.05) is 0 Å². The summed E-state index contributed by atoms with van der Waals surface area (Å²) < 4.78 is 1.89. The quantitative estimate of drug-likeness (QED) is 0.847. The number of rotatable bonds is 3. The van der Waals surface area contributed by atoms with E-state index in [0.717, 1.165) is 37.2 Å². The molecule has 6 heteroatoms. The van der Waals surface area contributed by atoms with Crippen molar-refractivity contribution >= 4 is 11.8 Å². The molecule has 1 atom stereocenters. The van der Waals surface area contributed by atoms with E-state index in [1.807, 2.05) is 28.2 Å². The van der Waals surface area contributed by atoms with Crippen molar-refractivity contribution in [1.82, 2.24) is 19.4 Å². The number of aryl methyl sites for hydroxylation is 1. The van der Waals surface area contributed by atoms with Crippen molar-refractivity contribution in [2.45, 2.75) is 59.5 Å². The number of hydrogen-bond donors (Lipinski definition) is 0. The number of piperidine rings is 1. The molecule has 0 saturated carbocycles.